The van der Waals surface area contributed by atoms with Crippen LogP contribution in [0.15, 0.2) is 22.7 Å². The molecule has 1 aromatic rings. The molecule has 1 saturated heterocycles. The molecule has 0 saturated carbocycles. The fourth-order valence-electron chi connectivity index (χ4n) is 2.45. The molecule has 0 bridgehead atoms. The van der Waals surface area contributed by atoms with Gasteiger partial charge in [-0.05, 0) is 38.0 Å². The van der Waals surface area contributed by atoms with E-state index in [9.17, 15) is 9.59 Å². The van der Waals surface area contributed by atoms with Gasteiger partial charge >= 0.3 is 5.97 Å². The van der Waals surface area contributed by atoms with E-state index in [4.69, 9.17) is 21.1 Å². The second kappa shape index (κ2) is 8.55. The Bertz CT molecular complexity index is 573. The second-order valence-electron chi connectivity index (χ2n) is 5.27. The van der Waals surface area contributed by atoms with Crippen molar-refractivity contribution in [3.63, 3.8) is 0 Å². The van der Waals surface area contributed by atoms with E-state index in [2.05, 4.69) is 15.9 Å². The number of benzene rings is 1. The summed E-state index contributed by atoms with van der Waals surface area (Å²) in [5.74, 6) is 0.0919. The van der Waals surface area contributed by atoms with Gasteiger partial charge in [0.15, 0.2) is 6.61 Å². The number of nitrogens with zero attached hydrogens (tertiary/aromatic N) is 1. The van der Waals surface area contributed by atoms with Crippen molar-refractivity contribution in [2.24, 2.45) is 5.92 Å². The quantitative estimate of drug-likeness (QED) is 0.707. The Hall–Kier alpha value is -1.27. The summed E-state index contributed by atoms with van der Waals surface area (Å²) in [5.41, 5.74) is 0. The lowest BCUT2D eigenvalue weighted by molar-refractivity contribution is -0.151. The molecule has 0 aromatic heterocycles. The highest BCUT2D eigenvalue weighted by molar-refractivity contribution is 9.10. The van der Waals surface area contributed by atoms with Gasteiger partial charge in [-0.15, -0.1) is 0 Å². The molecule has 126 valence electrons. The minimum Gasteiger partial charge on any atom is -0.482 e. The van der Waals surface area contributed by atoms with Crippen LogP contribution in [0.1, 0.15) is 19.8 Å². The number of piperidine rings is 1. The Morgan fingerprint density at radius 2 is 2.04 bits per heavy atom. The van der Waals surface area contributed by atoms with Crippen molar-refractivity contribution in [2.75, 3.05) is 26.3 Å². The molecule has 1 amide bonds. The monoisotopic (exact) mass is 403 g/mol. The van der Waals surface area contributed by atoms with Crippen molar-refractivity contribution in [2.45, 2.75) is 19.8 Å². The van der Waals surface area contributed by atoms with Crippen LogP contribution in [0.25, 0.3) is 0 Å². The lowest BCUT2D eigenvalue weighted by atomic mass is 9.97. The molecule has 2 rings (SSSR count). The lowest BCUT2D eigenvalue weighted by Crippen LogP contribution is -2.42. The molecule has 0 atom stereocenters. The molecule has 0 N–H and O–H groups in total. The highest BCUT2D eigenvalue weighted by atomic mass is 79.9. The zero-order valence-electron chi connectivity index (χ0n) is 12.9. The standard InChI is InChI=1S/C16H19BrClNO4/c1-2-22-16(21)11-5-7-19(8-6-11)15(20)10-23-14-4-3-12(17)9-13(14)18/h3-4,9,11H,2,5-8,10H2,1H3. The van der Waals surface area contributed by atoms with Crippen LogP contribution in [0.5, 0.6) is 5.75 Å². The maximum atomic E-state index is 12.2. The zero-order chi connectivity index (χ0) is 16.8. The molecule has 0 unspecified atom stereocenters. The molecule has 0 spiro atoms. The normalized spacial score (nSPS) is 15.3. The number of rotatable bonds is 5. The number of ether oxygens (including phenoxy) is 2. The maximum absolute atomic E-state index is 12.2. The predicted molar refractivity (Wildman–Crippen MR) is 90.6 cm³/mol. The van der Waals surface area contributed by atoms with E-state index < -0.39 is 0 Å². The van der Waals surface area contributed by atoms with Crippen molar-refractivity contribution in [3.8, 4) is 5.75 Å². The molecule has 5 nitrogen and oxygen atoms in total. The molecule has 1 fully saturated rings. The van der Waals surface area contributed by atoms with E-state index in [-0.39, 0.29) is 24.4 Å². The van der Waals surface area contributed by atoms with E-state index in [1.165, 1.54) is 0 Å². The van der Waals surface area contributed by atoms with Crippen molar-refractivity contribution < 1.29 is 19.1 Å². The molecular weight excluding hydrogens is 386 g/mol. The third-order valence-corrected chi connectivity index (χ3v) is 4.50. The van der Waals surface area contributed by atoms with Gasteiger partial charge in [-0.2, -0.15) is 0 Å². The fourth-order valence-corrected chi connectivity index (χ4v) is 3.18. The average Bonchev–Trinajstić information content (AvgIpc) is 2.54. The topological polar surface area (TPSA) is 55.8 Å². The average molecular weight is 405 g/mol. The van der Waals surface area contributed by atoms with Crippen molar-refractivity contribution in [1.29, 1.82) is 0 Å². The van der Waals surface area contributed by atoms with E-state index in [0.717, 1.165) is 4.47 Å². The van der Waals surface area contributed by atoms with Gasteiger partial charge in [0, 0.05) is 17.6 Å². The first-order valence-electron chi connectivity index (χ1n) is 7.53. The zero-order valence-corrected chi connectivity index (χ0v) is 15.2. The number of carbonyl (C=O) groups is 2. The van der Waals surface area contributed by atoms with Crippen LogP contribution in [0.4, 0.5) is 0 Å². The number of carbonyl (C=O) groups excluding carboxylic acids is 2. The van der Waals surface area contributed by atoms with E-state index in [1.54, 1.807) is 30.0 Å². The number of hydrogen-bond donors (Lipinski definition) is 0. The number of amides is 1. The van der Waals surface area contributed by atoms with E-state index in [1.807, 2.05) is 0 Å². The first kappa shape index (κ1) is 18.1. The Morgan fingerprint density at radius 3 is 2.65 bits per heavy atom. The van der Waals surface area contributed by atoms with Gasteiger partial charge in [0.1, 0.15) is 5.75 Å². The van der Waals surface area contributed by atoms with Crippen molar-refractivity contribution >= 4 is 39.4 Å². The molecule has 1 aromatic carbocycles. The molecule has 0 aliphatic carbocycles. The largest absolute Gasteiger partial charge is 0.482 e. The molecular formula is C16H19BrClNO4. The molecule has 1 aliphatic heterocycles. The number of hydrogen-bond acceptors (Lipinski definition) is 4. The summed E-state index contributed by atoms with van der Waals surface area (Å²) in [4.78, 5) is 25.6. The van der Waals surface area contributed by atoms with Crippen LogP contribution >= 0.6 is 27.5 Å². The summed E-state index contributed by atoms with van der Waals surface area (Å²) in [6.45, 7) is 3.20. The summed E-state index contributed by atoms with van der Waals surface area (Å²) in [6.07, 6.45) is 1.26. The van der Waals surface area contributed by atoms with Crippen molar-refractivity contribution in [3.05, 3.63) is 27.7 Å². The summed E-state index contributed by atoms with van der Waals surface area (Å²) >= 11 is 9.37. The first-order chi connectivity index (χ1) is 11.0. The van der Waals surface area contributed by atoms with Crippen LogP contribution in [0.2, 0.25) is 5.02 Å². The summed E-state index contributed by atoms with van der Waals surface area (Å²) in [7, 11) is 0. The number of esters is 1. The number of halogens is 2. The van der Waals surface area contributed by atoms with Crippen molar-refractivity contribution in [1.82, 2.24) is 4.90 Å². The third-order valence-electron chi connectivity index (χ3n) is 3.71. The van der Waals surface area contributed by atoms with Gasteiger partial charge in [0.25, 0.3) is 5.91 Å². The third kappa shape index (κ3) is 5.11. The Kier molecular flexibility index (Phi) is 6.72. The van der Waals surface area contributed by atoms with Crippen LogP contribution in [-0.2, 0) is 14.3 Å². The van der Waals surface area contributed by atoms with Crippen LogP contribution < -0.4 is 4.74 Å². The highest BCUT2D eigenvalue weighted by Crippen LogP contribution is 2.28. The first-order valence-corrected chi connectivity index (χ1v) is 8.70. The number of likely N-dealkylation sites (tertiary alicyclic amines) is 1. The van der Waals surface area contributed by atoms with E-state index in [0.29, 0.717) is 43.3 Å². The van der Waals surface area contributed by atoms with Gasteiger partial charge in [0.2, 0.25) is 0 Å². The smallest absolute Gasteiger partial charge is 0.309 e. The van der Waals surface area contributed by atoms with Crippen LogP contribution in [0.3, 0.4) is 0 Å². The van der Waals surface area contributed by atoms with Crippen LogP contribution in [-0.4, -0.2) is 43.1 Å². The molecule has 7 heteroatoms. The van der Waals surface area contributed by atoms with Gasteiger partial charge in [-0.1, -0.05) is 27.5 Å². The Balaban J connectivity index is 1.80. The molecule has 1 aliphatic rings. The Labute approximate surface area is 149 Å². The SMILES string of the molecule is CCOC(=O)C1CCN(C(=O)COc2ccc(Br)cc2Cl)CC1. The van der Waals surface area contributed by atoms with Crippen LogP contribution in [0, 0.1) is 5.92 Å². The summed E-state index contributed by atoms with van der Waals surface area (Å²) in [5, 5.41) is 0.452. The summed E-state index contributed by atoms with van der Waals surface area (Å²) in [6, 6.07) is 5.23. The minimum atomic E-state index is -0.169. The Morgan fingerprint density at radius 1 is 1.35 bits per heavy atom. The van der Waals surface area contributed by atoms with Gasteiger partial charge < -0.3 is 14.4 Å². The molecule has 1 heterocycles. The van der Waals surface area contributed by atoms with Gasteiger partial charge in [-0.3, -0.25) is 9.59 Å². The maximum Gasteiger partial charge on any atom is 0.309 e. The minimum absolute atomic E-state index is 0.0641. The molecule has 0 radical (unpaired) electrons. The van der Waals surface area contributed by atoms with Gasteiger partial charge in [-0.25, -0.2) is 0 Å². The summed E-state index contributed by atoms with van der Waals surface area (Å²) < 4.78 is 11.4. The lowest BCUT2D eigenvalue weighted by Gasteiger charge is -2.30. The van der Waals surface area contributed by atoms with E-state index >= 15 is 0 Å². The second-order valence-corrected chi connectivity index (χ2v) is 6.59. The predicted octanol–water partition coefficient (Wildman–Crippen LogP) is 3.28. The van der Waals surface area contributed by atoms with Gasteiger partial charge in [0.05, 0.1) is 17.5 Å². The molecule has 23 heavy (non-hydrogen) atoms. The highest BCUT2D eigenvalue weighted by Gasteiger charge is 2.28. The fraction of sp³-hybridized carbons (Fsp3) is 0.500.